The Morgan fingerprint density at radius 1 is 1.00 bits per heavy atom. The number of carbonyl (C=O) groups excluding carboxylic acids is 1. The lowest BCUT2D eigenvalue weighted by atomic mass is 10.1. The zero-order valence-electron chi connectivity index (χ0n) is 12.0. The highest BCUT2D eigenvalue weighted by Gasteiger charge is 2.08. The van der Waals surface area contributed by atoms with Gasteiger partial charge in [-0.05, 0) is 44.2 Å². The van der Waals surface area contributed by atoms with E-state index in [1.807, 2.05) is 54.6 Å². The van der Waals surface area contributed by atoms with E-state index >= 15 is 0 Å². The molecule has 2 rings (SSSR count). The Bertz CT molecular complexity index is 562. The minimum atomic E-state index is -0.0785. The standard InChI is InChI=1S/C17H20N2O/c1-3-19(4-2)16-12-8-9-14(13-16)17(20)18-15-10-6-5-7-11-15/h5-13H,3-4H2,1-2H3,(H,18,20). The molecule has 0 radical (unpaired) electrons. The molecule has 3 heteroatoms. The summed E-state index contributed by atoms with van der Waals surface area (Å²) in [4.78, 5) is 14.5. The second-order valence-corrected chi connectivity index (χ2v) is 4.54. The molecule has 2 aromatic carbocycles. The van der Waals surface area contributed by atoms with E-state index < -0.39 is 0 Å². The van der Waals surface area contributed by atoms with Gasteiger partial charge in [-0.3, -0.25) is 4.79 Å². The molecule has 0 unspecified atom stereocenters. The van der Waals surface area contributed by atoms with Crippen LogP contribution in [0, 0.1) is 0 Å². The number of anilines is 2. The fourth-order valence-electron chi connectivity index (χ4n) is 2.16. The predicted molar refractivity (Wildman–Crippen MR) is 84.4 cm³/mol. The highest BCUT2D eigenvalue weighted by molar-refractivity contribution is 6.04. The van der Waals surface area contributed by atoms with Crippen LogP contribution in [0.5, 0.6) is 0 Å². The summed E-state index contributed by atoms with van der Waals surface area (Å²) in [7, 11) is 0. The van der Waals surface area contributed by atoms with E-state index in [1.165, 1.54) is 0 Å². The van der Waals surface area contributed by atoms with Gasteiger partial charge in [0.2, 0.25) is 0 Å². The van der Waals surface area contributed by atoms with Crippen molar-refractivity contribution >= 4 is 17.3 Å². The number of nitrogens with zero attached hydrogens (tertiary/aromatic N) is 1. The largest absolute Gasteiger partial charge is 0.372 e. The van der Waals surface area contributed by atoms with Crippen LogP contribution in [0.4, 0.5) is 11.4 Å². The van der Waals surface area contributed by atoms with Gasteiger partial charge in [-0.2, -0.15) is 0 Å². The fraction of sp³-hybridized carbons (Fsp3) is 0.235. The summed E-state index contributed by atoms with van der Waals surface area (Å²) in [5, 5.41) is 2.90. The number of rotatable bonds is 5. The lowest BCUT2D eigenvalue weighted by molar-refractivity contribution is 0.102. The number of benzene rings is 2. The molecule has 3 nitrogen and oxygen atoms in total. The van der Waals surface area contributed by atoms with Crippen LogP contribution in [0.3, 0.4) is 0 Å². The van der Waals surface area contributed by atoms with E-state index in [-0.39, 0.29) is 5.91 Å². The number of hydrogen-bond acceptors (Lipinski definition) is 2. The molecular formula is C17H20N2O. The summed E-state index contributed by atoms with van der Waals surface area (Å²) < 4.78 is 0. The number of nitrogens with one attached hydrogen (secondary N) is 1. The highest BCUT2D eigenvalue weighted by atomic mass is 16.1. The second-order valence-electron chi connectivity index (χ2n) is 4.54. The van der Waals surface area contributed by atoms with E-state index in [1.54, 1.807) is 0 Å². The van der Waals surface area contributed by atoms with Gasteiger partial charge < -0.3 is 10.2 Å². The lowest BCUT2D eigenvalue weighted by Crippen LogP contribution is -2.22. The maximum atomic E-state index is 12.2. The first-order chi connectivity index (χ1) is 9.74. The number of amides is 1. The topological polar surface area (TPSA) is 32.3 Å². The van der Waals surface area contributed by atoms with Crippen molar-refractivity contribution in [3.05, 3.63) is 60.2 Å². The average molecular weight is 268 g/mol. The first-order valence-corrected chi connectivity index (χ1v) is 6.96. The Hall–Kier alpha value is -2.29. The Kier molecular flexibility index (Phi) is 4.77. The Morgan fingerprint density at radius 2 is 1.70 bits per heavy atom. The Labute approximate surface area is 120 Å². The molecule has 2 aromatic rings. The van der Waals surface area contributed by atoms with Crippen molar-refractivity contribution in [2.24, 2.45) is 0 Å². The molecule has 0 heterocycles. The maximum Gasteiger partial charge on any atom is 0.255 e. The van der Waals surface area contributed by atoms with Gasteiger partial charge in [0.05, 0.1) is 0 Å². The van der Waals surface area contributed by atoms with Crippen molar-refractivity contribution in [3.63, 3.8) is 0 Å². The Balaban J connectivity index is 2.16. The monoisotopic (exact) mass is 268 g/mol. The summed E-state index contributed by atoms with van der Waals surface area (Å²) >= 11 is 0. The van der Waals surface area contributed by atoms with Crippen LogP contribution in [-0.2, 0) is 0 Å². The van der Waals surface area contributed by atoms with Gasteiger partial charge in [0.1, 0.15) is 0 Å². The molecule has 0 aromatic heterocycles. The van der Waals surface area contributed by atoms with Crippen molar-refractivity contribution in [3.8, 4) is 0 Å². The van der Waals surface area contributed by atoms with Crippen LogP contribution >= 0.6 is 0 Å². The number of hydrogen-bond donors (Lipinski definition) is 1. The van der Waals surface area contributed by atoms with Crippen molar-refractivity contribution < 1.29 is 4.79 Å². The van der Waals surface area contributed by atoms with E-state index in [4.69, 9.17) is 0 Å². The number of carbonyl (C=O) groups is 1. The molecule has 1 amide bonds. The second kappa shape index (κ2) is 6.75. The van der Waals surface area contributed by atoms with Crippen molar-refractivity contribution in [2.75, 3.05) is 23.3 Å². The molecule has 0 atom stereocenters. The van der Waals surface area contributed by atoms with Gasteiger partial charge in [-0.1, -0.05) is 24.3 Å². The summed E-state index contributed by atoms with van der Waals surface area (Å²) in [6.07, 6.45) is 0. The molecule has 0 bridgehead atoms. The highest BCUT2D eigenvalue weighted by Crippen LogP contribution is 2.17. The molecule has 0 saturated heterocycles. The fourth-order valence-corrected chi connectivity index (χ4v) is 2.16. The molecule has 104 valence electrons. The van der Waals surface area contributed by atoms with Crippen molar-refractivity contribution in [2.45, 2.75) is 13.8 Å². The van der Waals surface area contributed by atoms with Gasteiger partial charge in [-0.25, -0.2) is 0 Å². The SMILES string of the molecule is CCN(CC)c1cccc(C(=O)Nc2ccccc2)c1. The van der Waals surface area contributed by atoms with Crippen molar-refractivity contribution in [1.82, 2.24) is 0 Å². The molecular weight excluding hydrogens is 248 g/mol. The van der Waals surface area contributed by atoms with E-state index in [0.29, 0.717) is 5.56 Å². The molecule has 0 spiro atoms. The molecule has 20 heavy (non-hydrogen) atoms. The molecule has 0 fully saturated rings. The Morgan fingerprint density at radius 3 is 2.35 bits per heavy atom. The zero-order valence-corrected chi connectivity index (χ0v) is 12.0. The molecule has 1 N–H and O–H groups in total. The quantitative estimate of drug-likeness (QED) is 0.895. The van der Waals surface area contributed by atoms with Crippen LogP contribution in [0.15, 0.2) is 54.6 Å². The van der Waals surface area contributed by atoms with Gasteiger partial charge in [0, 0.05) is 30.0 Å². The van der Waals surface area contributed by atoms with Crippen LogP contribution in [0.1, 0.15) is 24.2 Å². The third-order valence-electron chi connectivity index (χ3n) is 3.27. The summed E-state index contributed by atoms with van der Waals surface area (Å²) in [5.74, 6) is -0.0785. The smallest absolute Gasteiger partial charge is 0.255 e. The van der Waals surface area contributed by atoms with E-state index in [2.05, 4.69) is 24.1 Å². The minimum absolute atomic E-state index is 0.0785. The maximum absolute atomic E-state index is 12.2. The third-order valence-corrected chi connectivity index (χ3v) is 3.27. The summed E-state index contributed by atoms with van der Waals surface area (Å²) in [6.45, 7) is 6.08. The normalized spacial score (nSPS) is 10.1. The summed E-state index contributed by atoms with van der Waals surface area (Å²) in [6, 6.07) is 17.2. The van der Waals surface area contributed by atoms with Crippen LogP contribution in [-0.4, -0.2) is 19.0 Å². The first-order valence-electron chi connectivity index (χ1n) is 6.96. The van der Waals surface area contributed by atoms with Crippen LogP contribution in [0.25, 0.3) is 0 Å². The van der Waals surface area contributed by atoms with Crippen LogP contribution in [0.2, 0.25) is 0 Å². The van der Waals surface area contributed by atoms with Crippen LogP contribution < -0.4 is 10.2 Å². The van der Waals surface area contributed by atoms with Gasteiger partial charge >= 0.3 is 0 Å². The minimum Gasteiger partial charge on any atom is -0.372 e. The van der Waals surface area contributed by atoms with Gasteiger partial charge in [-0.15, -0.1) is 0 Å². The first kappa shape index (κ1) is 14.1. The molecule has 0 saturated carbocycles. The average Bonchev–Trinajstić information content (AvgIpc) is 2.50. The van der Waals surface area contributed by atoms with Gasteiger partial charge in [0.25, 0.3) is 5.91 Å². The molecule has 0 aliphatic carbocycles. The van der Waals surface area contributed by atoms with E-state index in [0.717, 1.165) is 24.5 Å². The number of para-hydroxylation sites is 1. The molecule has 0 aliphatic heterocycles. The van der Waals surface area contributed by atoms with Crippen molar-refractivity contribution in [1.29, 1.82) is 0 Å². The summed E-state index contributed by atoms with van der Waals surface area (Å²) in [5.41, 5.74) is 2.57. The molecule has 0 aliphatic rings. The van der Waals surface area contributed by atoms with E-state index in [9.17, 15) is 4.79 Å². The third kappa shape index (κ3) is 3.38. The predicted octanol–water partition coefficient (Wildman–Crippen LogP) is 3.79. The zero-order chi connectivity index (χ0) is 14.4. The van der Waals surface area contributed by atoms with Gasteiger partial charge in [0.15, 0.2) is 0 Å². The lowest BCUT2D eigenvalue weighted by Gasteiger charge is -2.21.